The number of carboxylic acid groups (broad SMARTS) is 1. The summed E-state index contributed by atoms with van der Waals surface area (Å²) in [5.74, 6) is 4.68. The molecule has 2 N–H and O–H groups in total. The van der Waals surface area contributed by atoms with Crippen molar-refractivity contribution in [1.82, 2.24) is 15.4 Å². The molecule has 0 aliphatic carbocycles. The van der Waals surface area contributed by atoms with Crippen LogP contribution in [0.3, 0.4) is 0 Å². The molecular weight excluding hydrogens is 313 g/mol. The van der Waals surface area contributed by atoms with E-state index >= 15 is 0 Å². The SMILES string of the molecule is O=C(O)c1nn[nH]c1Oc1ccc(C#Cc2ccc(F)cc2)cc1. The van der Waals surface area contributed by atoms with Crippen LogP contribution in [0, 0.1) is 17.7 Å². The van der Waals surface area contributed by atoms with E-state index in [0.717, 1.165) is 5.56 Å². The Bertz CT molecular complexity index is 922. The minimum atomic E-state index is -1.24. The van der Waals surface area contributed by atoms with Gasteiger partial charge in [0.2, 0.25) is 5.69 Å². The molecule has 0 aliphatic heterocycles. The van der Waals surface area contributed by atoms with Crippen LogP contribution < -0.4 is 4.74 Å². The van der Waals surface area contributed by atoms with Gasteiger partial charge in [0.1, 0.15) is 11.6 Å². The van der Waals surface area contributed by atoms with Crippen molar-refractivity contribution in [3.8, 4) is 23.5 Å². The first-order chi connectivity index (χ1) is 11.6. The van der Waals surface area contributed by atoms with Gasteiger partial charge in [0.05, 0.1) is 0 Å². The molecule has 6 nitrogen and oxygen atoms in total. The highest BCUT2D eigenvalue weighted by atomic mass is 19.1. The highest BCUT2D eigenvalue weighted by Crippen LogP contribution is 2.21. The van der Waals surface area contributed by atoms with Crippen LogP contribution >= 0.6 is 0 Å². The Morgan fingerprint density at radius 1 is 1.04 bits per heavy atom. The number of H-pyrrole nitrogens is 1. The van der Waals surface area contributed by atoms with Crippen LogP contribution in [0.15, 0.2) is 48.5 Å². The van der Waals surface area contributed by atoms with E-state index in [1.54, 1.807) is 36.4 Å². The summed E-state index contributed by atoms with van der Waals surface area (Å²) in [6, 6.07) is 12.6. The third kappa shape index (κ3) is 3.56. The lowest BCUT2D eigenvalue weighted by molar-refractivity contribution is 0.0687. The number of rotatable bonds is 3. The van der Waals surface area contributed by atoms with Crippen molar-refractivity contribution >= 4 is 5.97 Å². The fourth-order valence-corrected chi connectivity index (χ4v) is 1.83. The number of carboxylic acids is 1. The first kappa shape index (κ1) is 15.2. The summed E-state index contributed by atoms with van der Waals surface area (Å²) < 4.78 is 18.2. The standard InChI is InChI=1S/C17H10FN3O3/c18-13-7-3-11(4-8-13)1-2-12-5-9-14(10-6-12)24-16-15(17(22)23)19-21-20-16/h3-10H,(H,22,23)(H,19,20,21). The molecule has 0 fully saturated rings. The maximum Gasteiger partial charge on any atom is 0.362 e. The van der Waals surface area contributed by atoms with Gasteiger partial charge in [0, 0.05) is 11.1 Å². The molecule has 7 heteroatoms. The van der Waals surface area contributed by atoms with E-state index in [9.17, 15) is 9.18 Å². The van der Waals surface area contributed by atoms with Crippen LogP contribution in [0.2, 0.25) is 0 Å². The summed E-state index contributed by atoms with van der Waals surface area (Å²) in [6.07, 6.45) is 0. The molecule has 0 saturated carbocycles. The van der Waals surface area contributed by atoms with Crippen molar-refractivity contribution in [2.75, 3.05) is 0 Å². The predicted octanol–water partition coefficient (Wildman–Crippen LogP) is 2.83. The number of nitrogens with one attached hydrogen (secondary N) is 1. The van der Waals surface area contributed by atoms with Gasteiger partial charge in [-0.05, 0) is 48.5 Å². The minimum absolute atomic E-state index is 0.0485. The summed E-state index contributed by atoms with van der Waals surface area (Å²) in [4.78, 5) is 10.9. The van der Waals surface area contributed by atoms with Crippen LogP contribution in [0.4, 0.5) is 4.39 Å². The largest absolute Gasteiger partial charge is 0.476 e. The smallest absolute Gasteiger partial charge is 0.362 e. The summed E-state index contributed by atoms with van der Waals surface area (Å²) in [5.41, 5.74) is 1.13. The first-order valence-corrected chi connectivity index (χ1v) is 6.81. The van der Waals surface area contributed by atoms with E-state index in [1.807, 2.05) is 0 Å². The summed E-state index contributed by atoms with van der Waals surface area (Å²) in [6.45, 7) is 0. The van der Waals surface area contributed by atoms with Gasteiger partial charge >= 0.3 is 5.97 Å². The zero-order chi connectivity index (χ0) is 16.9. The van der Waals surface area contributed by atoms with Gasteiger partial charge in [0.25, 0.3) is 5.88 Å². The first-order valence-electron chi connectivity index (χ1n) is 6.81. The Morgan fingerprint density at radius 2 is 1.62 bits per heavy atom. The van der Waals surface area contributed by atoms with Crippen LogP contribution in [0.5, 0.6) is 11.6 Å². The third-order valence-corrected chi connectivity index (χ3v) is 2.99. The fraction of sp³-hybridized carbons (Fsp3) is 0. The van der Waals surface area contributed by atoms with E-state index in [1.165, 1.54) is 12.1 Å². The molecule has 24 heavy (non-hydrogen) atoms. The lowest BCUT2D eigenvalue weighted by Gasteiger charge is -2.02. The summed E-state index contributed by atoms with van der Waals surface area (Å²) >= 11 is 0. The van der Waals surface area contributed by atoms with Gasteiger partial charge in [-0.15, -0.1) is 5.10 Å². The number of hydrogen-bond donors (Lipinski definition) is 2. The van der Waals surface area contributed by atoms with E-state index in [4.69, 9.17) is 9.84 Å². The Kier molecular flexibility index (Phi) is 4.21. The number of carbonyl (C=O) groups is 1. The van der Waals surface area contributed by atoms with Crippen molar-refractivity contribution in [3.63, 3.8) is 0 Å². The zero-order valence-corrected chi connectivity index (χ0v) is 12.2. The van der Waals surface area contributed by atoms with Gasteiger partial charge in [-0.2, -0.15) is 0 Å². The van der Waals surface area contributed by atoms with Crippen LogP contribution in [0.1, 0.15) is 21.6 Å². The molecular formula is C17H10FN3O3. The molecule has 0 radical (unpaired) electrons. The molecule has 1 heterocycles. The Labute approximate surface area is 135 Å². The Balaban J connectivity index is 1.73. The van der Waals surface area contributed by atoms with Gasteiger partial charge < -0.3 is 9.84 Å². The van der Waals surface area contributed by atoms with Gasteiger partial charge in [0.15, 0.2) is 0 Å². The number of halogens is 1. The van der Waals surface area contributed by atoms with Gasteiger partial charge in [-0.1, -0.05) is 17.1 Å². The highest BCUT2D eigenvalue weighted by molar-refractivity contribution is 5.87. The Morgan fingerprint density at radius 3 is 2.21 bits per heavy atom. The number of aromatic nitrogens is 3. The normalized spacial score (nSPS) is 9.88. The number of aromatic amines is 1. The molecule has 0 bridgehead atoms. The number of ether oxygens (including phenoxy) is 1. The van der Waals surface area contributed by atoms with Crippen molar-refractivity contribution in [1.29, 1.82) is 0 Å². The molecule has 3 rings (SSSR count). The Hall–Kier alpha value is -3.66. The van der Waals surface area contributed by atoms with Crippen molar-refractivity contribution in [2.24, 2.45) is 0 Å². The van der Waals surface area contributed by atoms with Crippen LogP contribution in [-0.4, -0.2) is 26.5 Å². The monoisotopic (exact) mass is 323 g/mol. The van der Waals surface area contributed by atoms with E-state index in [0.29, 0.717) is 11.3 Å². The molecule has 0 unspecified atom stereocenters. The third-order valence-electron chi connectivity index (χ3n) is 2.99. The number of aromatic carboxylic acids is 1. The summed E-state index contributed by atoms with van der Waals surface area (Å²) in [5, 5.41) is 18.1. The average molecular weight is 323 g/mol. The fourth-order valence-electron chi connectivity index (χ4n) is 1.83. The van der Waals surface area contributed by atoms with Gasteiger partial charge in [-0.25, -0.2) is 14.3 Å². The number of nitrogens with zero attached hydrogens (tertiary/aromatic N) is 2. The lowest BCUT2D eigenvalue weighted by Crippen LogP contribution is -1.99. The van der Waals surface area contributed by atoms with E-state index in [2.05, 4.69) is 27.3 Å². The summed E-state index contributed by atoms with van der Waals surface area (Å²) in [7, 11) is 0. The molecule has 1 aromatic heterocycles. The molecule has 3 aromatic rings. The minimum Gasteiger partial charge on any atom is -0.476 e. The van der Waals surface area contributed by atoms with Crippen LogP contribution in [-0.2, 0) is 0 Å². The maximum absolute atomic E-state index is 12.8. The molecule has 0 spiro atoms. The topological polar surface area (TPSA) is 88.1 Å². The lowest BCUT2D eigenvalue weighted by atomic mass is 10.2. The average Bonchev–Trinajstić information content (AvgIpc) is 3.04. The maximum atomic E-state index is 12.8. The van der Waals surface area contributed by atoms with E-state index < -0.39 is 5.97 Å². The second-order valence-electron chi connectivity index (χ2n) is 4.68. The number of hydrogen-bond acceptors (Lipinski definition) is 4. The van der Waals surface area contributed by atoms with Crippen molar-refractivity contribution in [2.45, 2.75) is 0 Å². The van der Waals surface area contributed by atoms with Gasteiger partial charge in [-0.3, -0.25) is 0 Å². The second-order valence-corrected chi connectivity index (χ2v) is 4.68. The van der Waals surface area contributed by atoms with E-state index in [-0.39, 0.29) is 17.4 Å². The molecule has 0 atom stereocenters. The second kappa shape index (κ2) is 6.62. The van der Waals surface area contributed by atoms with Crippen LogP contribution in [0.25, 0.3) is 0 Å². The molecule has 0 saturated heterocycles. The van der Waals surface area contributed by atoms with Crippen molar-refractivity contribution in [3.05, 3.63) is 71.2 Å². The number of benzene rings is 2. The molecule has 118 valence electrons. The zero-order valence-electron chi connectivity index (χ0n) is 12.2. The highest BCUT2D eigenvalue weighted by Gasteiger charge is 2.16. The predicted molar refractivity (Wildman–Crippen MR) is 82.2 cm³/mol. The quantitative estimate of drug-likeness (QED) is 0.724. The van der Waals surface area contributed by atoms with Crippen molar-refractivity contribution < 1.29 is 19.0 Å². The molecule has 2 aromatic carbocycles. The molecule has 0 aliphatic rings. The molecule has 0 amide bonds.